The molecule has 0 spiro atoms. The normalized spacial score (nSPS) is 11.7. The van der Waals surface area contributed by atoms with Crippen molar-refractivity contribution in [1.29, 1.82) is 0 Å². The number of pyridine rings is 2. The minimum atomic E-state index is -4.79. The molecule has 0 aliphatic carbocycles. The van der Waals surface area contributed by atoms with Crippen molar-refractivity contribution in [3.8, 4) is 0 Å². The molecular formula is C120H132F12N14S4+8. The van der Waals surface area contributed by atoms with E-state index < -0.39 is 64.0 Å². The van der Waals surface area contributed by atoms with E-state index in [0.29, 0.717) is 56.0 Å². The first-order valence-corrected chi connectivity index (χ1v) is 53.9. The number of hydrogen-bond donors (Lipinski definition) is 0. The molecule has 0 aliphatic rings. The van der Waals surface area contributed by atoms with E-state index in [1.807, 2.05) is 135 Å². The Morgan fingerprint density at radius 3 is 1.25 bits per heavy atom. The Morgan fingerprint density at radius 1 is 0.300 bits per heavy atom. The van der Waals surface area contributed by atoms with Gasteiger partial charge in [-0.05, 0) is 209 Å². The van der Waals surface area contributed by atoms with E-state index >= 15 is 0 Å². The van der Waals surface area contributed by atoms with E-state index in [1.54, 1.807) is 52.4 Å². The molecule has 0 amide bonds. The maximum Gasteiger partial charge on any atom is 0.439 e. The molecule has 0 unspecified atom stereocenters. The highest BCUT2D eigenvalue weighted by molar-refractivity contribution is 7.33. The van der Waals surface area contributed by atoms with Gasteiger partial charge >= 0.3 is 12.4 Å². The van der Waals surface area contributed by atoms with Crippen LogP contribution in [-0.2, 0) is 120 Å². The van der Waals surface area contributed by atoms with Gasteiger partial charge in [-0.2, -0.15) is 39.9 Å². The van der Waals surface area contributed by atoms with Gasteiger partial charge < -0.3 is 0 Å². The average molecular weight is 2130 g/mol. The summed E-state index contributed by atoms with van der Waals surface area (Å²) < 4.78 is 187. The maximum atomic E-state index is 14.4. The fourth-order valence-corrected chi connectivity index (χ4v) is 26.4. The molecule has 0 saturated carbocycles. The molecule has 0 fully saturated rings. The summed E-state index contributed by atoms with van der Waals surface area (Å²) in [4.78, 5) is 19.6. The van der Waals surface area contributed by atoms with Gasteiger partial charge in [-0.15, -0.1) is 34.0 Å². The molecule has 30 heteroatoms. The number of thiophene rings is 4. The van der Waals surface area contributed by atoms with Crippen LogP contribution in [0.25, 0.3) is 137 Å². The molecule has 0 N–H and O–H groups in total. The third-order valence-corrected chi connectivity index (χ3v) is 34.4. The average Bonchev–Trinajstić information content (AvgIpc) is 0.815. The van der Waals surface area contributed by atoms with Gasteiger partial charge in [0.25, 0.3) is 18.2 Å². The van der Waals surface area contributed by atoms with E-state index in [0.717, 1.165) is 99.0 Å². The van der Waals surface area contributed by atoms with E-state index in [2.05, 4.69) is 219 Å². The highest BCUT2D eigenvalue weighted by Gasteiger charge is 2.43. The van der Waals surface area contributed by atoms with E-state index in [9.17, 15) is 52.7 Å². The van der Waals surface area contributed by atoms with Gasteiger partial charge in [0.1, 0.15) is 91.1 Å². The smallest absolute Gasteiger partial charge is 0.240 e. The van der Waals surface area contributed by atoms with E-state index in [-0.39, 0.29) is 39.4 Å². The Bertz CT molecular complexity index is 8860. The Kier molecular flexibility index (Phi) is 33.8. The fourth-order valence-electron chi connectivity index (χ4n) is 21.4. The lowest BCUT2D eigenvalue weighted by atomic mass is 9.94. The predicted molar refractivity (Wildman–Crippen MR) is 587 cm³/mol. The summed E-state index contributed by atoms with van der Waals surface area (Å²) in [6.07, 6.45) is 5.16. The summed E-state index contributed by atoms with van der Waals surface area (Å²) >= 11 is 7.48. The first-order valence-electron chi connectivity index (χ1n) is 50.5. The van der Waals surface area contributed by atoms with E-state index in [4.69, 9.17) is 4.98 Å². The van der Waals surface area contributed by atoms with Crippen LogP contribution in [0, 0.1) is 146 Å². The molecule has 150 heavy (non-hydrogen) atoms. The minimum Gasteiger partial charge on any atom is -0.240 e. The lowest BCUT2D eigenvalue weighted by molar-refractivity contribution is -0.737. The highest BCUT2D eigenvalue weighted by Crippen LogP contribution is 2.45. The molecule has 782 valence electrons. The third kappa shape index (κ3) is 20.8. The molecule has 21 aromatic rings. The van der Waals surface area contributed by atoms with Gasteiger partial charge in [-0.25, -0.2) is 50.2 Å². The highest BCUT2D eigenvalue weighted by atomic mass is 32.1. The number of aryl methyl sites for hydroxylation is 27. The third-order valence-electron chi connectivity index (χ3n) is 29.3. The molecule has 0 bridgehead atoms. The van der Waals surface area contributed by atoms with Crippen LogP contribution in [0.3, 0.4) is 0 Å². The number of aromatic nitrogens is 14. The van der Waals surface area contributed by atoms with Crippen LogP contribution in [0.2, 0.25) is 0 Å². The Morgan fingerprint density at radius 2 is 0.720 bits per heavy atom. The van der Waals surface area contributed by atoms with Gasteiger partial charge in [0.15, 0.2) is 43.4 Å². The molecule has 0 saturated heterocycles. The number of halogens is 12. The predicted octanol–water partition coefficient (Wildman–Crippen LogP) is 28.0. The quantitative estimate of drug-likeness (QED) is 0.0852. The van der Waals surface area contributed by atoms with Crippen molar-refractivity contribution in [2.24, 2.45) is 56.4 Å². The zero-order valence-corrected chi connectivity index (χ0v) is 94.9. The van der Waals surface area contributed by atoms with Crippen LogP contribution in [-0.4, -0.2) is 30.1 Å². The van der Waals surface area contributed by atoms with Gasteiger partial charge in [-0.3, -0.25) is 0 Å². The van der Waals surface area contributed by atoms with Gasteiger partial charge in [0.05, 0.1) is 60.5 Å². The van der Waals surface area contributed by atoms with Crippen molar-refractivity contribution in [1.82, 2.24) is 30.1 Å². The second-order valence-corrected chi connectivity index (χ2v) is 42.6. The fraction of sp³-hybridized carbons (Fsp3) is 0.350. The van der Waals surface area contributed by atoms with Crippen molar-refractivity contribution in [2.75, 3.05) is 0 Å². The Balaban J connectivity index is 0.000000135. The lowest BCUT2D eigenvalue weighted by Crippen LogP contribution is -2.41. The van der Waals surface area contributed by atoms with Crippen molar-refractivity contribution in [2.45, 2.75) is 230 Å². The number of nitrogens with zero attached hydrogens (tertiary/aromatic N) is 14. The summed E-state index contributed by atoms with van der Waals surface area (Å²) in [5, 5.41) is 24.4. The van der Waals surface area contributed by atoms with Crippen molar-refractivity contribution in [3.05, 3.63) is 302 Å². The second kappa shape index (κ2) is 44.9. The first-order chi connectivity index (χ1) is 70.8. The molecule has 12 aromatic heterocycles. The number of benzene rings is 9. The van der Waals surface area contributed by atoms with Gasteiger partial charge in [0, 0.05) is 133 Å². The van der Waals surface area contributed by atoms with Crippen LogP contribution in [0.5, 0.6) is 0 Å². The summed E-state index contributed by atoms with van der Waals surface area (Å²) in [6, 6.07) is 29.2. The zero-order chi connectivity index (χ0) is 110. The SMILES string of the molecule is CCc1c(C)nc2c(C)c(F)c(C)c(F)c2[n+]1C.CCc1c(C)nc2c(C)c3ccccc3c(C)c2[n+]1C.CCc1c2c(F)c(C)c(F)c(C)c2c(C(F)(F)F)n[n+]1C.CCc1c2c(F)c(C)c(F)c(C)c2cc[n+]1C.CCc1c2c(cc[n+]1C)sc1c(C)csc12.CCc1c2c(nc[n+]1C)sc1c(C)csc12.CCc1c2cc3cc(C)ccc3c(C)c2c(C(F)(F)F)n[n+]1C.CCc1c2cc3cc(C)ccc3c(C)c2nc[n+]1C. The minimum absolute atomic E-state index is 0.0586. The molecule has 9 aromatic carbocycles. The molecule has 21 rings (SSSR count). The molecule has 0 atom stereocenters. The summed E-state index contributed by atoms with van der Waals surface area (Å²) in [6.45, 7) is 45.9. The van der Waals surface area contributed by atoms with Crippen molar-refractivity contribution >= 4 is 182 Å². The van der Waals surface area contributed by atoms with Crippen LogP contribution < -0.4 is 36.8 Å². The first kappa shape index (κ1) is 113. The van der Waals surface area contributed by atoms with Crippen molar-refractivity contribution < 1.29 is 89.5 Å². The van der Waals surface area contributed by atoms with Gasteiger partial charge in [-0.1, -0.05) is 148 Å². The molecule has 14 nitrogen and oxygen atoms in total. The molecular weight excluding hydrogens is 1990 g/mol. The van der Waals surface area contributed by atoms with E-state index in [1.165, 1.54) is 167 Å². The topological polar surface area (TPSA) is 108 Å². The number of rotatable bonds is 8. The largest absolute Gasteiger partial charge is 0.439 e. The monoisotopic (exact) mass is 2120 g/mol. The van der Waals surface area contributed by atoms with Crippen LogP contribution in [0.1, 0.15) is 202 Å². The molecule has 0 radical (unpaired) electrons. The summed E-state index contributed by atoms with van der Waals surface area (Å²) in [7, 11) is 15.0. The Labute approximate surface area is 883 Å². The Hall–Kier alpha value is -12.9. The van der Waals surface area contributed by atoms with Crippen LogP contribution in [0.15, 0.2) is 121 Å². The van der Waals surface area contributed by atoms with Crippen LogP contribution in [0.4, 0.5) is 52.7 Å². The summed E-state index contributed by atoms with van der Waals surface area (Å²) in [5.74, 6) is -3.83. The number of fused-ring (bicyclic) bond motifs is 15. The number of hydrogen-bond acceptors (Lipinski definition) is 10. The molecule has 12 heterocycles. The van der Waals surface area contributed by atoms with Gasteiger partial charge in [0.2, 0.25) is 50.3 Å². The summed E-state index contributed by atoms with van der Waals surface area (Å²) in [5.41, 5.74) is 22.9. The second-order valence-electron chi connectivity index (χ2n) is 38.8. The lowest BCUT2D eigenvalue weighted by Gasteiger charge is -2.14. The molecule has 0 aliphatic heterocycles. The maximum absolute atomic E-state index is 14.4. The standard InChI is InChI=1S/C18H18F3N2.C18H21N2.C17H19N2.C14H14F5N2.C14H17F2N2.C14H16F2N.C13H14NS2.C12H13N2S2/c1-5-15-14-9-12-8-10(2)6-7-13(12)11(3)16(14)17(18(19,20)21)22-23(15)4;1-6-16-13(4)19-17-11(2)14-9-7-8-10-15(14)12(3)18(17)20(16)5;1-5-16-15-9-13-8-11(2)6-7-14(13)12(3)17(15)18-10-19(16)4;1-5-8-10-9(6(2)11(15)7(3)12(10)16)13(14(17,18)19)20-21(8)4;1-6-10-9(4)17-13-8(3)11(15)7(2)12(16)14(13)18(10)5;1-5-11-12-10(6-7-17(11)4)8(2)13(15)9(3)14(12)16;1-4-9-11-10(5-6-14(9)3)16-12-8(2)7-15-13(11)12;1-4-8-9-11-10(7(2)5-15-11)16-12(9)13-6-14(8)3/h6-9H,5H2,1-4H3;7-10H,6H2,1-5H3;6-10H,5H2,1-4H3;5H2,1-4H3;6H2,1-5H3;6-7H,5H2,1-4H3;5-7H,4H2,1-3H3;5-6H,4H2,1-3H3/q8*+1. The van der Waals surface area contributed by atoms with Crippen molar-refractivity contribution in [3.63, 3.8) is 0 Å². The number of alkyl halides is 6. The zero-order valence-electron chi connectivity index (χ0n) is 91.6. The van der Waals surface area contributed by atoms with Crippen LogP contribution >= 0.6 is 45.3 Å².